The van der Waals surface area contributed by atoms with Crippen LogP contribution in [0.2, 0.25) is 5.15 Å². The molecule has 0 aliphatic carbocycles. The number of nitrogens with zero attached hydrogens (tertiary/aromatic N) is 3. The Morgan fingerprint density at radius 2 is 2.15 bits per heavy atom. The molecule has 2 heterocycles. The van der Waals surface area contributed by atoms with Crippen molar-refractivity contribution in [1.82, 2.24) is 14.7 Å². The van der Waals surface area contributed by atoms with Crippen LogP contribution in [0.5, 0.6) is 0 Å². The molecule has 0 N–H and O–H groups in total. The second kappa shape index (κ2) is 3.68. The zero-order valence-electron chi connectivity index (χ0n) is 7.78. The largest absolute Gasteiger partial charge is 0.306 e. The van der Waals surface area contributed by atoms with Crippen molar-refractivity contribution in [1.29, 1.82) is 0 Å². The zero-order valence-corrected chi connectivity index (χ0v) is 8.54. The quantitative estimate of drug-likeness (QED) is 0.688. The molecule has 4 heteroatoms. The van der Waals surface area contributed by atoms with Crippen molar-refractivity contribution in [2.24, 2.45) is 0 Å². The summed E-state index contributed by atoms with van der Waals surface area (Å²) in [5, 5.41) is 4.82. The van der Waals surface area contributed by atoms with Crippen molar-refractivity contribution in [3.05, 3.63) is 17.4 Å². The van der Waals surface area contributed by atoms with Gasteiger partial charge in [-0.05, 0) is 39.0 Å². The van der Waals surface area contributed by atoms with Crippen LogP contribution in [0.4, 0.5) is 0 Å². The van der Waals surface area contributed by atoms with Crippen LogP contribution in [-0.2, 0) is 0 Å². The van der Waals surface area contributed by atoms with Crippen molar-refractivity contribution in [2.75, 3.05) is 20.1 Å². The highest BCUT2D eigenvalue weighted by molar-refractivity contribution is 6.29. The highest BCUT2D eigenvalue weighted by Crippen LogP contribution is 2.21. The summed E-state index contributed by atoms with van der Waals surface area (Å²) in [4.78, 5) is 2.35. The number of hydrogen-bond donors (Lipinski definition) is 0. The van der Waals surface area contributed by atoms with Crippen molar-refractivity contribution in [2.45, 2.75) is 18.9 Å². The summed E-state index contributed by atoms with van der Waals surface area (Å²) in [5.74, 6) is 0. The molecule has 1 aromatic rings. The molecule has 1 aliphatic rings. The number of halogens is 1. The van der Waals surface area contributed by atoms with E-state index in [0.717, 1.165) is 13.1 Å². The van der Waals surface area contributed by atoms with Gasteiger partial charge in [0, 0.05) is 6.20 Å². The summed E-state index contributed by atoms with van der Waals surface area (Å²) in [6.07, 6.45) is 4.32. The minimum absolute atomic E-state index is 0.545. The molecule has 2 rings (SSSR count). The average molecular weight is 200 g/mol. The number of piperidine rings is 1. The van der Waals surface area contributed by atoms with E-state index in [-0.39, 0.29) is 0 Å². The molecule has 0 unspecified atom stereocenters. The Balaban J connectivity index is 2.02. The maximum absolute atomic E-state index is 5.77. The van der Waals surface area contributed by atoms with Gasteiger partial charge in [-0.25, -0.2) is 0 Å². The van der Waals surface area contributed by atoms with E-state index in [2.05, 4.69) is 17.0 Å². The third-order valence-corrected chi connectivity index (χ3v) is 2.84. The van der Waals surface area contributed by atoms with Crippen molar-refractivity contribution in [3.8, 4) is 0 Å². The molecule has 1 aliphatic heterocycles. The minimum Gasteiger partial charge on any atom is -0.306 e. The second-order valence-electron chi connectivity index (χ2n) is 3.65. The van der Waals surface area contributed by atoms with Gasteiger partial charge >= 0.3 is 0 Å². The van der Waals surface area contributed by atoms with Gasteiger partial charge in [-0.15, -0.1) is 0 Å². The highest BCUT2D eigenvalue weighted by atomic mass is 35.5. The summed E-state index contributed by atoms with van der Waals surface area (Å²) >= 11 is 5.77. The SMILES string of the molecule is CN1CCC(n2ccc(Cl)n2)CC1. The lowest BCUT2D eigenvalue weighted by molar-refractivity contribution is 0.212. The smallest absolute Gasteiger partial charge is 0.151 e. The zero-order chi connectivity index (χ0) is 9.26. The van der Waals surface area contributed by atoms with Crippen molar-refractivity contribution >= 4 is 11.6 Å². The van der Waals surface area contributed by atoms with Gasteiger partial charge in [0.25, 0.3) is 0 Å². The first kappa shape index (κ1) is 9.03. The van der Waals surface area contributed by atoms with E-state index in [0.29, 0.717) is 11.2 Å². The molecule has 3 nitrogen and oxygen atoms in total. The Labute approximate surface area is 83.3 Å². The lowest BCUT2D eigenvalue weighted by Gasteiger charge is -2.28. The molecule has 1 aromatic heterocycles. The number of aromatic nitrogens is 2. The number of rotatable bonds is 1. The molecule has 0 saturated carbocycles. The Hall–Kier alpha value is -0.540. The van der Waals surface area contributed by atoms with E-state index in [1.165, 1.54) is 12.8 Å². The summed E-state index contributed by atoms with van der Waals surface area (Å²) in [7, 11) is 2.16. The van der Waals surface area contributed by atoms with E-state index in [4.69, 9.17) is 11.6 Å². The van der Waals surface area contributed by atoms with Gasteiger partial charge in [0.2, 0.25) is 0 Å². The highest BCUT2D eigenvalue weighted by Gasteiger charge is 2.18. The molecule has 0 aromatic carbocycles. The summed E-state index contributed by atoms with van der Waals surface area (Å²) in [6.45, 7) is 2.31. The van der Waals surface area contributed by atoms with Crippen LogP contribution < -0.4 is 0 Å². The summed E-state index contributed by atoms with van der Waals surface area (Å²) in [5.41, 5.74) is 0. The molecule has 72 valence electrons. The molecule has 0 atom stereocenters. The molecule has 1 saturated heterocycles. The fraction of sp³-hybridized carbons (Fsp3) is 0.667. The molecule has 13 heavy (non-hydrogen) atoms. The van der Waals surface area contributed by atoms with Crippen LogP contribution >= 0.6 is 11.6 Å². The van der Waals surface area contributed by atoms with Crippen LogP contribution in [0, 0.1) is 0 Å². The van der Waals surface area contributed by atoms with Crippen LogP contribution in [0.3, 0.4) is 0 Å². The van der Waals surface area contributed by atoms with Crippen molar-refractivity contribution in [3.63, 3.8) is 0 Å². The van der Waals surface area contributed by atoms with E-state index in [1.807, 2.05) is 16.9 Å². The molecule has 0 bridgehead atoms. The first-order valence-electron chi connectivity index (χ1n) is 4.65. The summed E-state index contributed by atoms with van der Waals surface area (Å²) in [6, 6.07) is 2.39. The van der Waals surface area contributed by atoms with Gasteiger partial charge in [-0.1, -0.05) is 11.6 Å². The molecule has 0 spiro atoms. The van der Waals surface area contributed by atoms with Crippen LogP contribution in [0.25, 0.3) is 0 Å². The van der Waals surface area contributed by atoms with E-state index >= 15 is 0 Å². The van der Waals surface area contributed by atoms with E-state index in [9.17, 15) is 0 Å². The maximum atomic E-state index is 5.77. The lowest BCUT2D eigenvalue weighted by Crippen LogP contribution is -2.31. The van der Waals surface area contributed by atoms with Crippen LogP contribution in [0.15, 0.2) is 12.3 Å². The van der Waals surface area contributed by atoms with Gasteiger partial charge in [0.1, 0.15) is 0 Å². The minimum atomic E-state index is 0.545. The topological polar surface area (TPSA) is 21.1 Å². The van der Waals surface area contributed by atoms with Crippen LogP contribution in [0.1, 0.15) is 18.9 Å². The third kappa shape index (κ3) is 2.03. The van der Waals surface area contributed by atoms with Gasteiger partial charge in [0.15, 0.2) is 5.15 Å². The molecule has 1 fully saturated rings. The van der Waals surface area contributed by atoms with Gasteiger partial charge in [-0.3, -0.25) is 4.68 Å². The van der Waals surface area contributed by atoms with Gasteiger partial charge in [-0.2, -0.15) is 5.10 Å². The number of likely N-dealkylation sites (tertiary alicyclic amines) is 1. The fourth-order valence-electron chi connectivity index (χ4n) is 1.78. The Morgan fingerprint density at radius 3 is 2.69 bits per heavy atom. The number of hydrogen-bond acceptors (Lipinski definition) is 2. The van der Waals surface area contributed by atoms with Crippen LogP contribution in [-0.4, -0.2) is 34.8 Å². The maximum Gasteiger partial charge on any atom is 0.151 e. The first-order valence-corrected chi connectivity index (χ1v) is 5.03. The van der Waals surface area contributed by atoms with Gasteiger partial charge < -0.3 is 4.90 Å². The first-order chi connectivity index (χ1) is 6.25. The Kier molecular flexibility index (Phi) is 2.56. The third-order valence-electron chi connectivity index (χ3n) is 2.64. The Morgan fingerprint density at radius 1 is 1.46 bits per heavy atom. The predicted octanol–water partition coefficient (Wildman–Crippen LogP) is 1.80. The second-order valence-corrected chi connectivity index (χ2v) is 4.04. The molecule has 0 radical (unpaired) electrons. The Bertz CT molecular complexity index is 276. The van der Waals surface area contributed by atoms with Crippen molar-refractivity contribution < 1.29 is 0 Å². The normalized spacial score (nSPS) is 20.8. The monoisotopic (exact) mass is 199 g/mol. The predicted molar refractivity (Wildman–Crippen MR) is 53.0 cm³/mol. The summed E-state index contributed by atoms with van der Waals surface area (Å²) < 4.78 is 2.00. The molecular weight excluding hydrogens is 186 g/mol. The fourth-order valence-corrected chi connectivity index (χ4v) is 1.92. The standard InChI is InChI=1S/C9H14ClN3/c1-12-5-2-8(3-6-12)13-7-4-9(10)11-13/h4,7-8H,2-3,5-6H2,1H3. The lowest BCUT2D eigenvalue weighted by atomic mass is 10.1. The van der Waals surface area contributed by atoms with E-state index < -0.39 is 0 Å². The van der Waals surface area contributed by atoms with E-state index in [1.54, 1.807) is 0 Å². The average Bonchev–Trinajstić information content (AvgIpc) is 2.53. The van der Waals surface area contributed by atoms with Gasteiger partial charge in [0.05, 0.1) is 6.04 Å². The molecule has 0 amide bonds. The molecular formula is C9H14ClN3.